The first-order valence-electron chi connectivity index (χ1n) is 4.10. The van der Waals surface area contributed by atoms with Crippen LogP contribution in [0.3, 0.4) is 0 Å². The summed E-state index contributed by atoms with van der Waals surface area (Å²) in [6, 6.07) is 1.23. The Hall–Kier alpha value is -1.98. The van der Waals surface area contributed by atoms with Gasteiger partial charge in [0.05, 0.1) is 14.2 Å². The molecule has 0 N–H and O–H groups in total. The molecule has 80 valence electrons. The highest BCUT2D eigenvalue weighted by Gasteiger charge is 2.14. The zero-order valence-corrected chi connectivity index (χ0v) is 8.60. The van der Waals surface area contributed by atoms with Crippen molar-refractivity contribution in [1.82, 2.24) is 9.97 Å². The van der Waals surface area contributed by atoms with Crippen LogP contribution in [-0.4, -0.2) is 36.1 Å². The molecule has 0 spiro atoms. The van der Waals surface area contributed by atoms with Crippen molar-refractivity contribution in [1.29, 1.82) is 0 Å². The normalized spacial score (nSPS) is 9.53. The van der Waals surface area contributed by atoms with Crippen molar-refractivity contribution < 1.29 is 19.1 Å². The Bertz CT molecular complexity index is 369. The van der Waals surface area contributed by atoms with E-state index in [4.69, 9.17) is 0 Å². The first kappa shape index (κ1) is 11.1. The first-order valence-corrected chi connectivity index (χ1v) is 4.10. The minimum absolute atomic E-state index is 0.0328. The van der Waals surface area contributed by atoms with Gasteiger partial charge in [-0.15, -0.1) is 0 Å². The van der Waals surface area contributed by atoms with E-state index in [0.717, 1.165) is 0 Å². The molecule has 0 aliphatic rings. The Kier molecular flexibility index (Phi) is 3.33. The molecule has 0 saturated carbocycles. The van der Waals surface area contributed by atoms with Gasteiger partial charge in [-0.05, 0) is 6.92 Å². The quantitative estimate of drug-likeness (QED) is 0.656. The monoisotopic (exact) mass is 210 g/mol. The van der Waals surface area contributed by atoms with Crippen LogP contribution >= 0.6 is 0 Å². The smallest absolute Gasteiger partial charge is 0.356 e. The lowest BCUT2D eigenvalue weighted by Crippen LogP contribution is -2.12. The number of aryl methyl sites for hydroxylation is 1. The van der Waals surface area contributed by atoms with Crippen LogP contribution in [0, 0.1) is 6.92 Å². The van der Waals surface area contributed by atoms with Crippen LogP contribution in [-0.2, 0) is 9.47 Å². The molecule has 1 rings (SSSR count). The Balaban J connectivity index is 3.16. The van der Waals surface area contributed by atoms with E-state index in [2.05, 4.69) is 19.4 Å². The molecule has 6 heteroatoms. The molecule has 0 unspecified atom stereocenters. The van der Waals surface area contributed by atoms with Crippen molar-refractivity contribution in [3.63, 3.8) is 0 Å². The maximum Gasteiger partial charge on any atom is 0.356 e. The number of aromatic nitrogens is 2. The van der Waals surface area contributed by atoms with E-state index in [0.29, 0.717) is 5.82 Å². The summed E-state index contributed by atoms with van der Waals surface area (Å²) in [6.45, 7) is 1.57. The van der Waals surface area contributed by atoms with Gasteiger partial charge >= 0.3 is 11.9 Å². The highest BCUT2D eigenvalue weighted by molar-refractivity contribution is 5.92. The minimum atomic E-state index is -0.620. The predicted molar refractivity (Wildman–Crippen MR) is 49.4 cm³/mol. The number of esters is 2. The molecular weight excluding hydrogens is 200 g/mol. The zero-order valence-electron chi connectivity index (χ0n) is 8.60. The largest absolute Gasteiger partial charge is 0.464 e. The summed E-state index contributed by atoms with van der Waals surface area (Å²) in [5.41, 5.74) is 0.0656. The second-order valence-electron chi connectivity index (χ2n) is 2.67. The fourth-order valence-electron chi connectivity index (χ4n) is 0.986. The van der Waals surface area contributed by atoms with Gasteiger partial charge in [0.1, 0.15) is 5.82 Å². The van der Waals surface area contributed by atoms with E-state index in [1.807, 2.05) is 0 Å². The third-order valence-corrected chi connectivity index (χ3v) is 1.63. The van der Waals surface area contributed by atoms with Crippen molar-refractivity contribution in [2.24, 2.45) is 0 Å². The summed E-state index contributed by atoms with van der Waals surface area (Å²) in [4.78, 5) is 30.0. The Morgan fingerprint density at radius 2 is 1.47 bits per heavy atom. The molecule has 0 radical (unpaired) electrons. The van der Waals surface area contributed by atoms with E-state index >= 15 is 0 Å². The highest BCUT2D eigenvalue weighted by atomic mass is 16.5. The predicted octanol–water partition coefficient (Wildman–Crippen LogP) is 0.358. The van der Waals surface area contributed by atoms with Crippen LogP contribution in [0.4, 0.5) is 0 Å². The molecular formula is C9H10N2O4. The standard InChI is InChI=1S/C9H10N2O4/c1-5-10-6(8(12)14-2)4-7(11-5)9(13)15-3/h4H,1-3H3. The second kappa shape index (κ2) is 4.50. The van der Waals surface area contributed by atoms with Gasteiger partial charge in [-0.25, -0.2) is 19.6 Å². The van der Waals surface area contributed by atoms with E-state index < -0.39 is 11.9 Å². The van der Waals surface area contributed by atoms with Crippen LogP contribution in [0.5, 0.6) is 0 Å². The van der Waals surface area contributed by atoms with Gasteiger partial charge in [0.25, 0.3) is 0 Å². The number of ether oxygens (including phenoxy) is 2. The summed E-state index contributed by atoms with van der Waals surface area (Å²) in [6.07, 6.45) is 0. The molecule has 1 heterocycles. The summed E-state index contributed by atoms with van der Waals surface area (Å²) >= 11 is 0. The average Bonchev–Trinajstić information content (AvgIpc) is 2.26. The van der Waals surface area contributed by atoms with E-state index in [9.17, 15) is 9.59 Å². The first-order chi connectivity index (χ1) is 7.08. The lowest BCUT2D eigenvalue weighted by atomic mass is 10.3. The van der Waals surface area contributed by atoms with Gasteiger partial charge in [0.2, 0.25) is 0 Å². The average molecular weight is 210 g/mol. The molecule has 0 fully saturated rings. The third-order valence-electron chi connectivity index (χ3n) is 1.63. The summed E-state index contributed by atoms with van der Waals surface area (Å²) < 4.78 is 8.96. The fourth-order valence-corrected chi connectivity index (χ4v) is 0.986. The van der Waals surface area contributed by atoms with Crippen LogP contribution in [0.25, 0.3) is 0 Å². The minimum Gasteiger partial charge on any atom is -0.464 e. The van der Waals surface area contributed by atoms with Crippen LogP contribution in [0.1, 0.15) is 26.8 Å². The van der Waals surface area contributed by atoms with Crippen LogP contribution in [0.2, 0.25) is 0 Å². The SMILES string of the molecule is COC(=O)c1cc(C(=O)OC)nc(C)n1. The second-order valence-corrected chi connectivity index (χ2v) is 2.67. The lowest BCUT2D eigenvalue weighted by Gasteiger charge is -2.02. The number of methoxy groups -OCH3 is 2. The molecule has 0 aliphatic carbocycles. The van der Waals surface area contributed by atoms with E-state index in [-0.39, 0.29) is 11.4 Å². The van der Waals surface area contributed by atoms with Gasteiger partial charge in [-0.1, -0.05) is 0 Å². The van der Waals surface area contributed by atoms with Crippen molar-refractivity contribution >= 4 is 11.9 Å². The molecule has 0 bridgehead atoms. The van der Waals surface area contributed by atoms with Gasteiger partial charge in [0.15, 0.2) is 11.4 Å². The van der Waals surface area contributed by atoms with E-state index in [1.54, 1.807) is 6.92 Å². The highest BCUT2D eigenvalue weighted by Crippen LogP contribution is 2.04. The van der Waals surface area contributed by atoms with Crippen molar-refractivity contribution in [3.8, 4) is 0 Å². The molecule has 0 aromatic carbocycles. The lowest BCUT2D eigenvalue weighted by molar-refractivity contribution is 0.0589. The molecule has 6 nitrogen and oxygen atoms in total. The summed E-state index contributed by atoms with van der Waals surface area (Å²) in [5, 5.41) is 0. The summed E-state index contributed by atoms with van der Waals surface area (Å²) in [7, 11) is 2.47. The molecule has 1 aromatic rings. The van der Waals surface area contributed by atoms with Gasteiger partial charge < -0.3 is 9.47 Å². The number of hydrogen-bond donors (Lipinski definition) is 0. The zero-order chi connectivity index (χ0) is 11.4. The van der Waals surface area contributed by atoms with E-state index in [1.165, 1.54) is 20.3 Å². The van der Waals surface area contributed by atoms with Crippen molar-refractivity contribution in [3.05, 3.63) is 23.3 Å². The topological polar surface area (TPSA) is 78.4 Å². The molecule has 15 heavy (non-hydrogen) atoms. The number of carbonyl (C=O) groups excluding carboxylic acids is 2. The Labute approximate surface area is 86.2 Å². The number of rotatable bonds is 2. The molecule has 0 atom stereocenters. The third kappa shape index (κ3) is 2.49. The van der Waals surface area contributed by atoms with Gasteiger partial charge in [-0.2, -0.15) is 0 Å². The van der Waals surface area contributed by atoms with Crippen LogP contribution < -0.4 is 0 Å². The maximum atomic E-state index is 11.2. The van der Waals surface area contributed by atoms with Crippen LogP contribution in [0.15, 0.2) is 6.07 Å². The van der Waals surface area contributed by atoms with Gasteiger partial charge in [0, 0.05) is 6.07 Å². The summed E-state index contributed by atoms with van der Waals surface area (Å²) in [5.74, 6) is -0.936. The van der Waals surface area contributed by atoms with Crippen molar-refractivity contribution in [2.75, 3.05) is 14.2 Å². The van der Waals surface area contributed by atoms with Gasteiger partial charge in [-0.3, -0.25) is 0 Å². The molecule has 1 aromatic heterocycles. The molecule has 0 saturated heterocycles. The maximum absolute atomic E-state index is 11.2. The Morgan fingerprint density at radius 3 is 1.80 bits per heavy atom. The Morgan fingerprint density at radius 1 is 1.07 bits per heavy atom. The van der Waals surface area contributed by atoms with Crippen molar-refractivity contribution in [2.45, 2.75) is 6.92 Å². The molecule has 0 aliphatic heterocycles. The number of carbonyl (C=O) groups is 2. The number of hydrogen-bond acceptors (Lipinski definition) is 6. The fraction of sp³-hybridized carbons (Fsp3) is 0.333. The molecule has 0 amide bonds. The number of nitrogens with zero attached hydrogens (tertiary/aromatic N) is 2.